The summed E-state index contributed by atoms with van der Waals surface area (Å²) in [5.74, 6) is -0.752. The SMILES string of the molecule is O=C(NCC(O)C(F)(F)F)c1cnc2c(c1)N(Cc1ccc(Cl)cc1)C(=O)CN2. The van der Waals surface area contributed by atoms with Crippen LogP contribution in [0, 0.1) is 0 Å². The molecular formula is C18H16ClF3N4O3. The second-order valence-electron chi connectivity index (χ2n) is 6.32. The zero-order chi connectivity index (χ0) is 21.2. The molecule has 0 aliphatic carbocycles. The van der Waals surface area contributed by atoms with Crippen LogP contribution < -0.4 is 15.5 Å². The Balaban J connectivity index is 1.80. The van der Waals surface area contributed by atoms with Gasteiger partial charge in [-0.1, -0.05) is 23.7 Å². The molecule has 154 valence electrons. The molecule has 0 spiro atoms. The van der Waals surface area contributed by atoms with Crippen molar-refractivity contribution in [2.45, 2.75) is 18.8 Å². The van der Waals surface area contributed by atoms with E-state index < -0.39 is 24.7 Å². The van der Waals surface area contributed by atoms with Crippen molar-refractivity contribution >= 4 is 34.9 Å². The summed E-state index contributed by atoms with van der Waals surface area (Å²) in [4.78, 5) is 30.1. The first-order valence-corrected chi connectivity index (χ1v) is 8.84. The van der Waals surface area contributed by atoms with Gasteiger partial charge in [0, 0.05) is 11.2 Å². The van der Waals surface area contributed by atoms with Gasteiger partial charge < -0.3 is 20.6 Å². The number of carbonyl (C=O) groups excluding carboxylic acids is 2. The van der Waals surface area contributed by atoms with Crippen molar-refractivity contribution in [1.82, 2.24) is 10.3 Å². The molecule has 0 bridgehead atoms. The van der Waals surface area contributed by atoms with Crippen LogP contribution in [0.4, 0.5) is 24.7 Å². The first-order valence-electron chi connectivity index (χ1n) is 8.47. The number of fused-ring (bicyclic) bond motifs is 1. The standard InChI is InChI=1S/C18H16ClF3N4O3/c19-12-3-1-10(2-4-12)9-26-13-5-11(6-23-16(13)24-8-15(26)28)17(29)25-7-14(27)18(20,21)22/h1-6,14,27H,7-9H2,(H,23,24)(H,25,29). The van der Waals surface area contributed by atoms with E-state index in [-0.39, 0.29) is 24.6 Å². The maximum absolute atomic E-state index is 12.4. The van der Waals surface area contributed by atoms with E-state index in [0.717, 1.165) is 5.56 Å². The van der Waals surface area contributed by atoms with Crippen molar-refractivity contribution in [3.8, 4) is 0 Å². The highest BCUT2D eigenvalue weighted by Gasteiger charge is 2.38. The van der Waals surface area contributed by atoms with Crippen molar-refractivity contribution < 1.29 is 27.9 Å². The molecule has 7 nitrogen and oxygen atoms in total. The van der Waals surface area contributed by atoms with Gasteiger partial charge in [-0.2, -0.15) is 13.2 Å². The van der Waals surface area contributed by atoms with Gasteiger partial charge in [-0.3, -0.25) is 9.59 Å². The van der Waals surface area contributed by atoms with Gasteiger partial charge in [-0.15, -0.1) is 0 Å². The van der Waals surface area contributed by atoms with Crippen LogP contribution in [0.2, 0.25) is 5.02 Å². The van der Waals surface area contributed by atoms with Crippen LogP contribution in [0.25, 0.3) is 0 Å². The molecule has 0 saturated carbocycles. The van der Waals surface area contributed by atoms with E-state index in [1.807, 2.05) is 5.32 Å². The van der Waals surface area contributed by atoms with E-state index in [4.69, 9.17) is 16.7 Å². The maximum atomic E-state index is 12.4. The quantitative estimate of drug-likeness (QED) is 0.679. The van der Waals surface area contributed by atoms with E-state index in [1.165, 1.54) is 17.2 Å². The summed E-state index contributed by atoms with van der Waals surface area (Å²) in [6.07, 6.45) is -6.34. The van der Waals surface area contributed by atoms with Crippen LogP contribution in [0.5, 0.6) is 0 Å². The van der Waals surface area contributed by atoms with Crippen LogP contribution in [0.15, 0.2) is 36.5 Å². The number of aromatic nitrogens is 1. The zero-order valence-electron chi connectivity index (χ0n) is 14.8. The van der Waals surface area contributed by atoms with Gasteiger partial charge in [-0.25, -0.2) is 4.98 Å². The number of carbonyl (C=O) groups is 2. The molecule has 0 radical (unpaired) electrons. The molecule has 29 heavy (non-hydrogen) atoms. The lowest BCUT2D eigenvalue weighted by Gasteiger charge is -2.30. The number of nitrogens with zero attached hydrogens (tertiary/aromatic N) is 2. The predicted octanol–water partition coefficient (Wildman–Crippen LogP) is 2.35. The Morgan fingerprint density at radius 3 is 2.69 bits per heavy atom. The van der Waals surface area contributed by atoms with Crippen LogP contribution >= 0.6 is 11.6 Å². The second kappa shape index (κ2) is 8.26. The van der Waals surface area contributed by atoms with Crippen LogP contribution in [-0.2, 0) is 11.3 Å². The molecule has 1 aromatic carbocycles. The van der Waals surface area contributed by atoms with Crippen molar-refractivity contribution in [2.75, 3.05) is 23.3 Å². The van der Waals surface area contributed by atoms with E-state index in [9.17, 15) is 22.8 Å². The molecular weight excluding hydrogens is 413 g/mol. The lowest BCUT2D eigenvalue weighted by Crippen LogP contribution is -2.41. The van der Waals surface area contributed by atoms with E-state index in [1.54, 1.807) is 24.3 Å². The predicted molar refractivity (Wildman–Crippen MR) is 99.8 cm³/mol. The first kappa shape index (κ1) is 20.9. The monoisotopic (exact) mass is 428 g/mol. The smallest absolute Gasteiger partial charge is 0.382 e. The molecule has 1 aliphatic rings. The third-order valence-electron chi connectivity index (χ3n) is 4.22. The Morgan fingerprint density at radius 2 is 2.03 bits per heavy atom. The van der Waals surface area contributed by atoms with Gasteiger partial charge in [0.05, 0.1) is 30.9 Å². The van der Waals surface area contributed by atoms with Crippen LogP contribution in [0.3, 0.4) is 0 Å². The Labute approximate surface area is 168 Å². The molecule has 1 atom stereocenters. The molecule has 2 aromatic rings. The Hall–Kier alpha value is -2.85. The van der Waals surface area contributed by atoms with E-state index >= 15 is 0 Å². The highest BCUT2D eigenvalue weighted by atomic mass is 35.5. The lowest BCUT2D eigenvalue weighted by atomic mass is 10.1. The zero-order valence-corrected chi connectivity index (χ0v) is 15.6. The molecule has 3 rings (SSSR count). The van der Waals surface area contributed by atoms with Crippen LogP contribution in [-0.4, -0.2) is 47.3 Å². The summed E-state index contributed by atoms with van der Waals surface area (Å²) >= 11 is 5.87. The summed E-state index contributed by atoms with van der Waals surface area (Å²) in [7, 11) is 0. The highest BCUT2D eigenvalue weighted by Crippen LogP contribution is 2.30. The fourth-order valence-electron chi connectivity index (χ4n) is 2.66. The molecule has 0 saturated heterocycles. The van der Waals surface area contributed by atoms with Gasteiger partial charge in [-0.05, 0) is 23.8 Å². The van der Waals surface area contributed by atoms with Crippen molar-refractivity contribution in [3.63, 3.8) is 0 Å². The summed E-state index contributed by atoms with van der Waals surface area (Å²) in [6.45, 7) is -0.785. The average molecular weight is 429 g/mol. The number of amides is 2. The van der Waals surface area contributed by atoms with Gasteiger partial charge in [0.1, 0.15) is 0 Å². The van der Waals surface area contributed by atoms with Crippen molar-refractivity contribution in [2.24, 2.45) is 0 Å². The molecule has 11 heteroatoms. The molecule has 2 heterocycles. The highest BCUT2D eigenvalue weighted by molar-refractivity contribution is 6.30. The Bertz CT molecular complexity index is 922. The Morgan fingerprint density at radius 1 is 1.34 bits per heavy atom. The number of pyridine rings is 1. The fraction of sp³-hybridized carbons (Fsp3) is 0.278. The third-order valence-corrected chi connectivity index (χ3v) is 4.47. The minimum absolute atomic E-state index is 0.0108. The van der Waals surface area contributed by atoms with E-state index in [0.29, 0.717) is 16.5 Å². The van der Waals surface area contributed by atoms with Gasteiger partial charge in [0.25, 0.3) is 5.91 Å². The number of hydrogen-bond donors (Lipinski definition) is 3. The number of anilines is 2. The van der Waals surface area contributed by atoms with Gasteiger partial charge >= 0.3 is 6.18 Å². The largest absolute Gasteiger partial charge is 0.416 e. The van der Waals surface area contributed by atoms with Gasteiger partial charge in [0.15, 0.2) is 11.9 Å². The number of halogens is 4. The van der Waals surface area contributed by atoms with Crippen molar-refractivity contribution in [1.29, 1.82) is 0 Å². The molecule has 1 aromatic heterocycles. The summed E-state index contributed by atoms with van der Waals surface area (Å²) in [5, 5.41) is 14.4. The van der Waals surface area contributed by atoms with Gasteiger partial charge in [0.2, 0.25) is 5.91 Å². The topological polar surface area (TPSA) is 94.6 Å². The minimum Gasteiger partial charge on any atom is -0.382 e. The Kier molecular flexibility index (Phi) is 5.94. The summed E-state index contributed by atoms with van der Waals surface area (Å²) in [5.41, 5.74) is 1.06. The van der Waals surface area contributed by atoms with E-state index in [2.05, 4.69) is 10.3 Å². The average Bonchev–Trinajstić information content (AvgIpc) is 2.68. The number of nitrogens with one attached hydrogen (secondary N) is 2. The number of alkyl halides is 3. The number of rotatable bonds is 5. The second-order valence-corrected chi connectivity index (χ2v) is 6.76. The number of benzene rings is 1. The molecule has 2 amide bonds. The third kappa shape index (κ3) is 4.96. The fourth-order valence-corrected chi connectivity index (χ4v) is 2.79. The number of hydrogen-bond acceptors (Lipinski definition) is 5. The van der Waals surface area contributed by atoms with Crippen LogP contribution in [0.1, 0.15) is 15.9 Å². The molecule has 3 N–H and O–H groups in total. The summed E-state index contributed by atoms with van der Waals surface area (Å²) in [6, 6.07) is 8.22. The molecule has 1 aliphatic heterocycles. The molecule has 1 unspecified atom stereocenters. The summed E-state index contributed by atoms with van der Waals surface area (Å²) < 4.78 is 37.1. The normalized spacial score (nSPS) is 14.8. The first-order chi connectivity index (χ1) is 13.6. The van der Waals surface area contributed by atoms with Crippen molar-refractivity contribution in [3.05, 3.63) is 52.7 Å². The molecule has 0 fully saturated rings. The lowest BCUT2D eigenvalue weighted by molar-refractivity contribution is -0.201. The number of aliphatic hydroxyl groups excluding tert-OH is 1. The minimum atomic E-state index is -4.84. The maximum Gasteiger partial charge on any atom is 0.416 e. The number of aliphatic hydroxyl groups is 1.